The molecule has 0 N–H and O–H groups in total. The number of thioether (sulfide) groups is 1. The Bertz CT molecular complexity index is 321. The van der Waals surface area contributed by atoms with Crippen LogP contribution >= 0.6 is 11.8 Å². The van der Waals surface area contributed by atoms with E-state index in [4.69, 9.17) is 0 Å². The van der Waals surface area contributed by atoms with Gasteiger partial charge < -0.3 is 0 Å². The maximum absolute atomic E-state index is 12.0. The summed E-state index contributed by atoms with van der Waals surface area (Å²) in [4.78, 5) is 0.958. The second-order valence-electron chi connectivity index (χ2n) is 3.88. The first kappa shape index (κ1) is 12.5. The average molecular weight is 230 g/mol. The van der Waals surface area contributed by atoms with Crippen molar-refractivity contribution in [2.24, 2.45) is 0 Å². The second-order valence-corrected chi connectivity index (χ2v) is 4.94. The Hall–Kier alpha value is -0.570. The molecule has 0 saturated heterocycles. The van der Waals surface area contributed by atoms with E-state index in [1.165, 1.54) is 17.3 Å². The zero-order valence-electron chi connectivity index (χ0n) is 9.26. The minimum absolute atomic E-state index is 0.123. The number of halogens is 2. The smallest absolute Gasteiger partial charge is 0.210 e. The molecule has 0 saturated carbocycles. The van der Waals surface area contributed by atoms with Crippen LogP contribution < -0.4 is 0 Å². The monoisotopic (exact) mass is 230 g/mol. The molecule has 3 heteroatoms. The van der Waals surface area contributed by atoms with Gasteiger partial charge in [-0.1, -0.05) is 26.0 Å². The summed E-state index contributed by atoms with van der Waals surface area (Å²) in [5.41, 5.74) is 2.35. The lowest BCUT2D eigenvalue weighted by Gasteiger charge is -2.10. The van der Waals surface area contributed by atoms with E-state index in [9.17, 15) is 8.78 Å². The lowest BCUT2D eigenvalue weighted by atomic mass is 10.0. The highest BCUT2D eigenvalue weighted by Crippen LogP contribution is 2.27. The molecule has 84 valence electrons. The highest BCUT2D eigenvalue weighted by atomic mass is 32.2. The molecule has 0 atom stereocenters. The van der Waals surface area contributed by atoms with Crippen LogP contribution in [0.4, 0.5) is 8.78 Å². The third-order valence-corrected chi connectivity index (χ3v) is 3.42. The molecule has 0 aliphatic rings. The van der Waals surface area contributed by atoms with Crippen molar-refractivity contribution >= 4 is 11.8 Å². The van der Waals surface area contributed by atoms with Crippen molar-refractivity contribution in [3.8, 4) is 0 Å². The summed E-state index contributed by atoms with van der Waals surface area (Å²) >= 11 is 1.23. The molecule has 1 aromatic carbocycles. The molecular formula is C12H16F2S. The molecule has 1 rings (SSSR count). The minimum atomic E-state index is -2.24. The van der Waals surface area contributed by atoms with Crippen LogP contribution in [0.25, 0.3) is 0 Å². The molecule has 0 bridgehead atoms. The quantitative estimate of drug-likeness (QED) is 0.687. The summed E-state index contributed by atoms with van der Waals surface area (Å²) < 4.78 is 24.1. The number of hydrogen-bond donors (Lipinski definition) is 0. The van der Waals surface area contributed by atoms with Gasteiger partial charge in [0.2, 0.25) is 6.43 Å². The van der Waals surface area contributed by atoms with Gasteiger partial charge >= 0.3 is 0 Å². The van der Waals surface area contributed by atoms with E-state index in [0.717, 1.165) is 10.5 Å². The lowest BCUT2D eigenvalue weighted by molar-refractivity contribution is 0.177. The van der Waals surface area contributed by atoms with E-state index in [0.29, 0.717) is 5.92 Å². The Morgan fingerprint density at radius 1 is 1.27 bits per heavy atom. The predicted octanol–water partition coefficient (Wildman–Crippen LogP) is 4.48. The van der Waals surface area contributed by atoms with Crippen LogP contribution in [-0.2, 0) is 0 Å². The van der Waals surface area contributed by atoms with Crippen molar-refractivity contribution in [3.05, 3.63) is 29.3 Å². The van der Waals surface area contributed by atoms with Gasteiger partial charge in [0.25, 0.3) is 0 Å². The number of alkyl halides is 2. The zero-order valence-corrected chi connectivity index (χ0v) is 10.1. The van der Waals surface area contributed by atoms with Gasteiger partial charge in [0, 0.05) is 4.90 Å². The van der Waals surface area contributed by atoms with Gasteiger partial charge in [-0.25, -0.2) is 8.78 Å². The Labute approximate surface area is 94.1 Å². The maximum atomic E-state index is 12.0. The van der Waals surface area contributed by atoms with E-state index in [1.54, 1.807) is 0 Å². The van der Waals surface area contributed by atoms with Crippen LogP contribution in [0.2, 0.25) is 0 Å². The minimum Gasteiger partial charge on any atom is -0.210 e. The van der Waals surface area contributed by atoms with Gasteiger partial charge in [0.1, 0.15) is 0 Å². The van der Waals surface area contributed by atoms with Gasteiger partial charge in [-0.05, 0) is 30.0 Å². The molecule has 0 aliphatic heterocycles. The summed E-state index contributed by atoms with van der Waals surface area (Å²) in [5.74, 6) is 0.361. The fraction of sp³-hybridized carbons (Fsp3) is 0.500. The first-order valence-corrected chi connectivity index (χ1v) is 6.00. The summed E-state index contributed by atoms with van der Waals surface area (Å²) in [6.45, 7) is 6.22. The molecule has 15 heavy (non-hydrogen) atoms. The molecule has 0 heterocycles. The van der Waals surface area contributed by atoms with E-state index >= 15 is 0 Å². The molecule has 0 aromatic heterocycles. The van der Waals surface area contributed by atoms with Crippen molar-refractivity contribution in [3.63, 3.8) is 0 Å². The molecule has 0 nitrogen and oxygen atoms in total. The molecule has 0 spiro atoms. The number of aryl methyl sites for hydroxylation is 1. The largest absolute Gasteiger partial charge is 0.247 e. The fourth-order valence-corrected chi connectivity index (χ4v) is 2.10. The van der Waals surface area contributed by atoms with Gasteiger partial charge in [0.05, 0.1) is 5.75 Å². The molecule has 1 aromatic rings. The van der Waals surface area contributed by atoms with E-state index < -0.39 is 6.43 Å². The number of hydrogen-bond acceptors (Lipinski definition) is 1. The van der Waals surface area contributed by atoms with Crippen molar-refractivity contribution in [2.45, 2.75) is 38.0 Å². The topological polar surface area (TPSA) is 0 Å². The van der Waals surface area contributed by atoms with Crippen molar-refractivity contribution in [1.29, 1.82) is 0 Å². The third-order valence-electron chi connectivity index (χ3n) is 2.23. The van der Waals surface area contributed by atoms with Gasteiger partial charge in [-0.3, -0.25) is 0 Å². The molecule has 0 amide bonds. The average Bonchev–Trinajstić information content (AvgIpc) is 2.15. The number of rotatable bonds is 4. The van der Waals surface area contributed by atoms with Gasteiger partial charge in [0.15, 0.2) is 0 Å². The summed E-state index contributed by atoms with van der Waals surface area (Å²) in [6, 6.07) is 6.04. The predicted molar refractivity (Wildman–Crippen MR) is 62.0 cm³/mol. The summed E-state index contributed by atoms with van der Waals surface area (Å²) in [5, 5.41) is 0. The van der Waals surface area contributed by atoms with Crippen LogP contribution in [0.15, 0.2) is 23.1 Å². The summed E-state index contributed by atoms with van der Waals surface area (Å²) in [7, 11) is 0. The molecule has 0 aliphatic carbocycles. The van der Waals surface area contributed by atoms with Gasteiger partial charge in [-0.15, -0.1) is 11.8 Å². The highest BCUT2D eigenvalue weighted by Gasteiger charge is 2.07. The number of benzene rings is 1. The van der Waals surface area contributed by atoms with Crippen LogP contribution in [0.3, 0.4) is 0 Å². The highest BCUT2D eigenvalue weighted by molar-refractivity contribution is 7.99. The second kappa shape index (κ2) is 5.50. The van der Waals surface area contributed by atoms with Gasteiger partial charge in [-0.2, -0.15) is 0 Å². The standard InChI is InChI=1S/C12H16F2S/c1-8(2)10-4-5-11(9(3)6-10)15-7-12(13)14/h4-6,8,12H,7H2,1-3H3. The summed E-state index contributed by atoms with van der Waals surface area (Å²) in [6.07, 6.45) is -2.24. The molecule has 0 unspecified atom stereocenters. The molecular weight excluding hydrogens is 214 g/mol. The molecule has 0 radical (unpaired) electrons. The third kappa shape index (κ3) is 3.82. The van der Waals surface area contributed by atoms with E-state index in [2.05, 4.69) is 19.9 Å². The van der Waals surface area contributed by atoms with Crippen LogP contribution in [0.5, 0.6) is 0 Å². The first-order chi connectivity index (χ1) is 7.00. The Balaban J connectivity index is 2.75. The van der Waals surface area contributed by atoms with Crippen LogP contribution in [0.1, 0.15) is 30.9 Å². The van der Waals surface area contributed by atoms with Crippen molar-refractivity contribution in [1.82, 2.24) is 0 Å². The van der Waals surface area contributed by atoms with Crippen LogP contribution in [-0.4, -0.2) is 12.2 Å². The Morgan fingerprint density at radius 3 is 2.40 bits per heavy atom. The zero-order chi connectivity index (χ0) is 11.4. The first-order valence-electron chi connectivity index (χ1n) is 5.02. The Kier molecular flexibility index (Phi) is 4.58. The van der Waals surface area contributed by atoms with Crippen LogP contribution in [0, 0.1) is 6.92 Å². The Morgan fingerprint density at radius 2 is 1.93 bits per heavy atom. The normalized spacial score (nSPS) is 11.4. The molecule has 0 fully saturated rings. The SMILES string of the molecule is Cc1cc(C(C)C)ccc1SCC(F)F. The maximum Gasteiger partial charge on any atom is 0.247 e. The van der Waals surface area contributed by atoms with E-state index in [1.807, 2.05) is 19.1 Å². The lowest BCUT2D eigenvalue weighted by Crippen LogP contribution is -1.95. The fourth-order valence-electron chi connectivity index (χ4n) is 1.35. The van der Waals surface area contributed by atoms with Crippen molar-refractivity contribution in [2.75, 3.05) is 5.75 Å². The van der Waals surface area contributed by atoms with Crippen molar-refractivity contribution < 1.29 is 8.78 Å². The van der Waals surface area contributed by atoms with E-state index in [-0.39, 0.29) is 5.75 Å².